The Bertz CT molecular complexity index is 703. The molecule has 0 aliphatic rings. The molecule has 3 rings (SSSR count). The lowest BCUT2D eigenvalue weighted by molar-refractivity contribution is 1.05. The third-order valence-electron chi connectivity index (χ3n) is 2.84. The molecule has 0 aromatic carbocycles. The summed E-state index contributed by atoms with van der Waals surface area (Å²) in [7, 11) is 0. The summed E-state index contributed by atoms with van der Waals surface area (Å²) in [5, 5.41) is 0. The lowest BCUT2D eigenvalue weighted by Crippen LogP contribution is -2.03. The van der Waals surface area contributed by atoms with Crippen LogP contribution >= 0.6 is 0 Å². The number of imidazole rings is 1. The number of anilines is 1. The largest absolute Gasteiger partial charge is 0.369 e. The maximum Gasteiger partial charge on any atom is 0.205 e. The Morgan fingerprint density at radius 3 is 2.74 bits per heavy atom. The zero-order chi connectivity index (χ0) is 13.2. The van der Waals surface area contributed by atoms with Crippen molar-refractivity contribution < 1.29 is 0 Å². The normalized spacial score (nSPS) is 10.6. The molecule has 19 heavy (non-hydrogen) atoms. The van der Waals surface area contributed by atoms with E-state index in [9.17, 15) is 0 Å². The lowest BCUT2D eigenvalue weighted by Gasteiger charge is -2.09. The first-order chi connectivity index (χ1) is 9.25. The van der Waals surface area contributed by atoms with Crippen molar-refractivity contribution in [2.24, 2.45) is 0 Å². The van der Waals surface area contributed by atoms with Crippen LogP contribution in [0.25, 0.3) is 17.1 Å². The van der Waals surface area contributed by atoms with Gasteiger partial charge in [-0.3, -0.25) is 14.5 Å². The molecule has 0 radical (unpaired) electrons. The number of pyridine rings is 2. The van der Waals surface area contributed by atoms with Crippen molar-refractivity contribution in [2.75, 3.05) is 5.73 Å². The van der Waals surface area contributed by atoms with E-state index in [4.69, 9.17) is 5.73 Å². The Hall–Kier alpha value is -2.69. The molecule has 0 bridgehead atoms. The average Bonchev–Trinajstić information content (AvgIpc) is 2.82. The predicted molar refractivity (Wildman–Crippen MR) is 73.7 cm³/mol. The number of nitrogens with zero attached hydrogens (tertiary/aromatic N) is 4. The van der Waals surface area contributed by atoms with E-state index < -0.39 is 0 Å². The van der Waals surface area contributed by atoms with E-state index in [2.05, 4.69) is 15.0 Å². The van der Waals surface area contributed by atoms with Gasteiger partial charge in [0.05, 0.1) is 29.5 Å². The maximum absolute atomic E-state index is 5.95. The van der Waals surface area contributed by atoms with Gasteiger partial charge >= 0.3 is 0 Å². The van der Waals surface area contributed by atoms with E-state index in [1.165, 1.54) is 0 Å². The number of nitrogen functional groups attached to an aromatic ring is 1. The fraction of sp³-hybridized carbons (Fsp3) is 0.0714. The van der Waals surface area contributed by atoms with Gasteiger partial charge in [-0.05, 0) is 31.2 Å². The van der Waals surface area contributed by atoms with Crippen LogP contribution in [0, 0.1) is 6.92 Å². The third kappa shape index (κ3) is 2.06. The van der Waals surface area contributed by atoms with Crippen molar-refractivity contribution in [3.8, 4) is 17.1 Å². The highest BCUT2D eigenvalue weighted by Gasteiger charge is 2.12. The second-order valence-corrected chi connectivity index (χ2v) is 4.21. The minimum Gasteiger partial charge on any atom is -0.369 e. The summed E-state index contributed by atoms with van der Waals surface area (Å²) in [5.41, 5.74) is 9.47. The van der Waals surface area contributed by atoms with Gasteiger partial charge in [-0.1, -0.05) is 6.07 Å². The molecule has 0 saturated heterocycles. The molecule has 2 N–H and O–H groups in total. The van der Waals surface area contributed by atoms with Gasteiger partial charge in [0.25, 0.3) is 0 Å². The molecule has 5 heteroatoms. The Morgan fingerprint density at radius 1 is 1.11 bits per heavy atom. The van der Waals surface area contributed by atoms with Crippen molar-refractivity contribution in [2.45, 2.75) is 6.92 Å². The second-order valence-electron chi connectivity index (χ2n) is 4.21. The van der Waals surface area contributed by atoms with Crippen molar-refractivity contribution in [1.29, 1.82) is 0 Å². The summed E-state index contributed by atoms with van der Waals surface area (Å²) in [6.07, 6.45) is 5.20. The first-order valence-corrected chi connectivity index (χ1v) is 5.93. The summed E-state index contributed by atoms with van der Waals surface area (Å²) in [6.45, 7) is 1.96. The fourth-order valence-corrected chi connectivity index (χ4v) is 1.99. The average molecular weight is 251 g/mol. The fourth-order valence-electron chi connectivity index (χ4n) is 1.99. The molecule has 5 nitrogen and oxygen atoms in total. The highest BCUT2D eigenvalue weighted by molar-refractivity contribution is 5.61. The van der Waals surface area contributed by atoms with E-state index in [0.717, 1.165) is 22.8 Å². The number of rotatable bonds is 2. The van der Waals surface area contributed by atoms with Gasteiger partial charge in [-0.15, -0.1) is 0 Å². The number of nitrogens with two attached hydrogens (primary N) is 1. The lowest BCUT2D eigenvalue weighted by atomic mass is 10.2. The zero-order valence-corrected chi connectivity index (χ0v) is 10.5. The number of hydrogen-bond donors (Lipinski definition) is 1. The summed E-state index contributed by atoms with van der Waals surface area (Å²) in [4.78, 5) is 12.8. The number of hydrogen-bond acceptors (Lipinski definition) is 4. The molecule has 0 amide bonds. The Kier molecular flexibility index (Phi) is 2.72. The Morgan fingerprint density at radius 2 is 2.00 bits per heavy atom. The van der Waals surface area contributed by atoms with Crippen LogP contribution in [-0.4, -0.2) is 19.5 Å². The molecule has 3 aromatic rings. The molecule has 0 saturated carbocycles. The van der Waals surface area contributed by atoms with E-state index in [-0.39, 0.29) is 0 Å². The summed E-state index contributed by atoms with van der Waals surface area (Å²) in [6, 6.07) is 9.66. The van der Waals surface area contributed by atoms with Gasteiger partial charge in [-0.2, -0.15) is 0 Å². The van der Waals surface area contributed by atoms with Crippen molar-refractivity contribution >= 4 is 5.95 Å². The standard InChI is InChI=1S/C14H13N5/c1-10-4-2-6-12(18-10)13-9-17-14(15)19(13)11-5-3-7-16-8-11/h2-9H,1H3,(H2,15,17). The van der Waals surface area contributed by atoms with Gasteiger partial charge in [0, 0.05) is 11.9 Å². The first-order valence-electron chi connectivity index (χ1n) is 5.93. The third-order valence-corrected chi connectivity index (χ3v) is 2.84. The number of aromatic nitrogens is 4. The summed E-state index contributed by atoms with van der Waals surface area (Å²) in [5.74, 6) is 0.423. The topological polar surface area (TPSA) is 69.6 Å². The van der Waals surface area contributed by atoms with Gasteiger partial charge < -0.3 is 5.73 Å². The Labute approximate surface area is 110 Å². The summed E-state index contributed by atoms with van der Waals surface area (Å²) < 4.78 is 1.84. The molecule has 0 atom stereocenters. The van der Waals surface area contributed by atoms with Crippen LogP contribution in [-0.2, 0) is 0 Å². The highest BCUT2D eigenvalue weighted by Crippen LogP contribution is 2.24. The predicted octanol–water partition coefficient (Wildman–Crippen LogP) is 2.22. The SMILES string of the molecule is Cc1cccc(-c2cnc(N)n2-c2cccnc2)n1. The van der Waals surface area contributed by atoms with Crippen molar-refractivity contribution in [3.05, 3.63) is 54.6 Å². The van der Waals surface area contributed by atoms with E-state index in [1.807, 2.05) is 41.8 Å². The number of aryl methyl sites for hydroxylation is 1. The maximum atomic E-state index is 5.95. The molecular formula is C14H13N5. The van der Waals surface area contributed by atoms with Crippen molar-refractivity contribution in [3.63, 3.8) is 0 Å². The molecule has 0 unspecified atom stereocenters. The van der Waals surface area contributed by atoms with E-state index in [0.29, 0.717) is 5.95 Å². The molecular weight excluding hydrogens is 238 g/mol. The minimum atomic E-state index is 0.423. The van der Waals surface area contributed by atoms with Gasteiger partial charge in [0.2, 0.25) is 5.95 Å². The van der Waals surface area contributed by atoms with Crippen LogP contribution in [0.15, 0.2) is 48.9 Å². The van der Waals surface area contributed by atoms with Crippen LogP contribution in [0.5, 0.6) is 0 Å². The molecule has 0 spiro atoms. The molecule has 3 aromatic heterocycles. The van der Waals surface area contributed by atoms with E-state index in [1.54, 1.807) is 18.6 Å². The van der Waals surface area contributed by atoms with Gasteiger partial charge in [0.15, 0.2) is 0 Å². The highest BCUT2D eigenvalue weighted by atomic mass is 15.2. The second kappa shape index (κ2) is 4.53. The Balaban J connectivity index is 2.19. The monoisotopic (exact) mass is 251 g/mol. The van der Waals surface area contributed by atoms with Crippen LogP contribution < -0.4 is 5.73 Å². The van der Waals surface area contributed by atoms with Gasteiger partial charge in [0.1, 0.15) is 0 Å². The minimum absolute atomic E-state index is 0.423. The molecule has 0 aliphatic carbocycles. The molecule has 3 heterocycles. The van der Waals surface area contributed by atoms with Crippen LogP contribution in [0.4, 0.5) is 5.95 Å². The molecule has 94 valence electrons. The van der Waals surface area contributed by atoms with E-state index >= 15 is 0 Å². The van der Waals surface area contributed by atoms with Gasteiger partial charge in [-0.25, -0.2) is 4.98 Å². The smallest absolute Gasteiger partial charge is 0.205 e. The van der Waals surface area contributed by atoms with Crippen LogP contribution in [0.2, 0.25) is 0 Å². The van der Waals surface area contributed by atoms with Crippen LogP contribution in [0.3, 0.4) is 0 Å². The quantitative estimate of drug-likeness (QED) is 0.758. The van der Waals surface area contributed by atoms with Crippen LogP contribution in [0.1, 0.15) is 5.69 Å². The first kappa shape index (κ1) is 11.4. The van der Waals surface area contributed by atoms with Crippen molar-refractivity contribution in [1.82, 2.24) is 19.5 Å². The summed E-state index contributed by atoms with van der Waals surface area (Å²) >= 11 is 0. The molecule has 0 aliphatic heterocycles. The molecule has 0 fully saturated rings. The zero-order valence-electron chi connectivity index (χ0n) is 10.5.